The topological polar surface area (TPSA) is 64.6 Å². The van der Waals surface area contributed by atoms with Crippen molar-refractivity contribution in [2.75, 3.05) is 55.6 Å². The lowest BCUT2D eigenvalue weighted by atomic mass is 9.82. The fourth-order valence-electron chi connectivity index (χ4n) is 5.59. The van der Waals surface area contributed by atoms with Gasteiger partial charge in [-0.3, -0.25) is 4.79 Å². The number of fused-ring (bicyclic) bond motifs is 3. The van der Waals surface area contributed by atoms with Crippen LogP contribution in [0.3, 0.4) is 0 Å². The van der Waals surface area contributed by atoms with E-state index in [9.17, 15) is 18.0 Å². The van der Waals surface area contributed by atoms with Crippen LogP contribution < -0.4 is 15.1 Å². The number of amides is 1. The first kappa shape index (κ1) is 23.8. The maximum atomic E-state index is 13.4. The molecule has 3 aliphatic rings. The smallest absolute Gasteiger partial charge is 0.364 e. The van der Waals surface area contributed by atoms with Gasteiger partial charge < -0.3 is 20.0 Å². The number of nitrogens with one attached hydrogen (secondary N) is 1. The first-order valence-electron chi connectivity index (χ1n) is 12.4. The number of alkyl halides is 3. The van der Waals surface area contributed by atoms with Crippen LogP contribution >= 0.6 is 0 Å². The molecule has 10 heteroatoms. The Labute approximate surface area is 203 Å². The molecular weight excluding hydrogens is 457 g/mol. The average molecular weight is 489 g/mol. The minimum absolute atomic E-state index is 0.101. The molecule has 2 atom stereocenters. The van der Waals surface area contributed by atoms with E-state index < -0.39 is 17.7 Å². The van der Waals surface area contributed by atoms with E-state index in [2.05, 4.69) is 30.0 Å². The Morgan fingerprint density at radius 2 is 1.83 bits per heavy atom. The van der Waals surface area contributed by atoms with Crippen LogP contribution in [0.25, 0.3) is 0 Å². The summed E-state index contributed by atoms with van der Waals surface area (Å²) in [5.74, 6) is 0.0457. The number of hydrogen-bond donors (Lipinski definition) is 1. The molecule has 0 bridgehead atoms. The summed E-state index contributed by atoms with van der Waals surface area (Å²) in [7, 11) is 0. The SMILES string of the molecule is O=C(NCCN1CCCCC1)C1Cc2cc(C(F)(F)F)ccc2N2CCN(c3ncccn3)CC12. The molecule has 188 valence electrons. The molecule has 1 amide bonds. The largest absolute Gasteiger partial charge is 0.416 e. The Morgan fingerprint density at radius 1 is 1.06 bits per heavy atom. The molecule has 3 aliphatic heterocycles. The van der Waals surface area contributed by atoms with Crippen molar-refractivity contribution in [2.45, 2.75) is 37.9 Å². The number of hydrogen-bond acceptors (Lipinski definition) is 6. The summed E-state index contributed by atoms with van der Waals surface area (Å²) in [6.45, 7) is 5.19. The highest BCUT2D eigenvalue weighted by Crippen LogP contribution is 2.40. The fraction of sp³-hybridized carbons (Fsp3) is 0.560. The van der Waals surface area contributed by atoms with Gasteiger partial charge in [-0.15, -0.1) is 0 Å². The number of likely N-dealkylation sites (tertiary alicyclic amines) is 1. The van der Waals surface area contributed by atoms with E-state index in [4.69, 9.17) is 0 Å². The van der Waals surface area contributed by atoms with Crippen LogP contribution in [-0.2, 0) is 17.4 Å². The second-order valence-corrected chi connectivity index (χ2v) is 9.60. The van der Waals surface area contributed by atoms with Gasteiger partial charge in [0.15, 0.2) is 0 Å². The molecule has 1 aromatic heterocycles. The molecule has 0 spiro atoms. The molecule has 2 unspecified atom stereocenters. The zero-order valence-electron chi connectivity index (χ0n) is 19.7. The number of halogens is 3. The van der Waals surface area contributed by atoms with E-state index >= 15 is 0 Å². The summed E-state index contributed by atoms with van der Waals surface area (Å²) in [5, 5.41) is 3.08. The van der Waals surface area contributed by atoms with Crippen LogP contribution in [0, 0.1) is 5.92 Å². The second kappa shape index (κ2) is 10.0. The lowest BCUT2D eigenvalue weighted by Crippen LogP contribution is -2.61. The molecule has 5 rings (SSSR count). The lowest BCUT2D eigenvalue weighted by molar-refractivity contribution is -0.137. The highest BCUT2D eigenvalue weighted by Gasteiger charge is 2.43. The minimum atomic E-state index is -4.42. The van der Waals surface area contributed by atoms with Crippen molar-refractivity contribution in [3.8, 4) is 0 Å². The molecule has 0 saturated carbocycles. The van der Waals surface area contributed by atoms with Crippen molar-refractivity contribution < 1.29 is 18.0 Å². The monoisotopic (exact) mass is 488 g/mol. The lowest BCUT2D eigenvalue weighted by Gasteiger charge is -2.49. The summed E-state index contributed by atoms with van der Waals surface area (Å²) in [6.07, 6.45) is 2.86. The normalized spacial score (nSPS) is 22.9. The number of piperazine rings is 1. The first-order chi connectivity index (χ1) is 16.9. The number of carbonyl (C=O) groups excluding carboxylic acids is 1. The van der Waals surface area contributed by atoms with Gasteiger partial charge in [-0.05, 0) is 62.2 Å². The van der Waals surface area contributed by atoms with Gasteiger partial charge in [0, 0.05) is 50.8 Å². The maximum Gasteiger partial charge on any atom is 0.416 e. The predicted molar refractivity (Wildman–Crippen MR) is 127 cm³/mol. The third-order valence-electron chi connectivity index (χ3n) is 7.39. The summed E-state index contributed by atoms with van der Waals surface area (Å²) in [6, 6.07) is 5.50. The molecule has 7 nitrogen and oxygen atoms in total. The summed E-state index contributed by atoms with van der Waals surface area (Å²) in [4.78, 5) is 28.6. The number of carbonyl (C=O) groups is 1. The van der Waals surface area contributed by atoms with Crippen LogP contribution in [0.5, 0.6) is 0 Å². The zero-order valence-corrected chi connectivity index (χ0v) is 19.7. The van der Waals surface area contributed by atoms with Gasteiger partial charge in [-0.2, -0.15) is 13.2 Å². The molecule has 4 heterocycles. The van der Waals surface area contributed by atoms with Crippen molar-refractivity contribution >= 4 is 17.5 Å². The van der Waals surface area contributed by atoms with Gasteiger partial charge in [0.25, 0.3) is 0 Å². The van der Waals surface area contributed by atoms with E-state index in [-0.39, 0.29) is 18.4 Å². The highest BCUT2D eigenvalue weighted by atomic mass is 19.4. The predicted octanol–water partition coefficient (Wildman–Crippen LogP) is 2.97. The Hall–Kier alpha value is -2.88. The minimum Gasteiger partial charge on any atom is -0.364 e. The van der Waals surface area contributed by atoms with E-state index in [1.165, 1.54) is 25.3 Å². The molecular formula is C25H31F3N6O. The third kappa shape index (κ3) is 5.22. The van der Waals surface area contributed by atoms with E-state index in [0.29, 0.717) is 37.7 Å². The highest BCUT2D eigenvalue weighted by molar-refractivity contribution is 5.82. The van der Waals surface area contributed by atoms with E-state index in [1.807, 2.05) is 0 Å². The average Bonchev–Trinajstić information content (AvgIpc) is 2.88. The van der Waals surface area contributed by atoms with Crippen molar-refractivity contribution in [2.24, 2.45) is 5.92 Å². The second-order valence-electron chi connectivity index (χ2n) is 9.60. The number of aromatic nitrogens is 2. The number of benzene rings is 1. The van der Waals surface area contributed by atoms with Crippen molar-refractivity contribution in [1.29, 1.82) is 0 Å². The summed E-state index contributed by atoms with van der Waals surface area (Å²) >= 11 is 0. The van der Waals surface area contributed by atoms with Crippen LogP contribution in [-0.4, -0.2) is 72.6 Å². The molecule has 2 aromatic rings. The van der Waals surface area contributed by atoms with Crippen LogP contribution in [0.1, 0.15) is 30.4 Å². The number of piperidine rings is 1. The van der Waals surface area contributed by atoms with Gasteiger partial charge in [0.1, 0.15) is 0 Å². The molecule has 0 aliphatic carbocycles. The van der Waals surface area contributed by atoms with E-state index in [0.717, 1.165) is 31.4 Å². The van der Waals surface area contributed by atoms with Gasteiger partial charge in [-0.25, -0.2) is 9.97 Å². The third-order valence-corrected chi connectivity index (χ3v) is 7.39. The molecule has 2 saturated heterocycles. The molecule has 35 heavy (non-hydrogen) atoms. The van der Waals surface area contributed by atoms with Gasteiger partial charge in [0.05, 0.1) is 17.5 Å². The molecule has 2 fully saturated rings. The van der Waals surface area contributed by atoms with Crippen molar-refractivity contribution in [1.82, 2.24) is 20.2 Å². The number of rotatable bonds is 5. The molecule has 1 N–H and O–H groups in total. The Bertz CT molecular complexity index is 1030. The number of anilines is 2. The standard InChI is InChI=1S/C25H31F3N6O/c26-25(27,28)19-5-6-21-18(15-19)16-20(23(35)29-9-12-32-10-2-1-3-11-32)22-17-33(13-14-34(21)22)24-30-7-4-8-31-24/h4-8,15,20,22H,1-3,9-14,16-17H2,(H,29,35). The molecule has 1 aromatic carbocycles. The Morgan fingerprint density at radius 3 is 2.57 bits per heavy atom. The van der Waals surface area contributed by atoms with Gasteiger partial charge >= 0.3 is 6.18 Å². The maximum absolute atomic E-state index is 13.4. The quantitative estimate of drug-likeness (QED) is 0.698. The fourth-order valence-corrected chi connectivity index (χ4v) is 5.59. The van der Waals surface area contributed by atoms with Crippen LogP contribution in [0.2, 0.25) is 0 Å². The van der Waals surface area contributed by atoms with E-state index in [1.54, 1.807) is 24.5 Å². The first-order valence-corrected chi connectivity index (χ1v) is 12.4. The van der Waals surface area contributed by atoms with Crippen molar-refractivity contribution in [3.05, 3.63) is 47.8 Å². The van der Waals surface area contributed by atoms with Crippen molar-refractivity contribution in [3.63, 3.8) is 0 Å². The van der Waals surface area contributed by atoms with Gasteiger partial charge in [-0.1, -0.05) is 6.42 Å². The van der Waals surface area contributed by atoms with Crippen LogP contribution in [0.15, 0.2) is 36.7 Å². The van der Waals surface area contributed by atoms with Crippen LogP contribution in [0.4, 0.5) is 24.8 Å². The summed E-state index contributed by atoms with van der Waals surface area (Å²) in [5.41, 5.74) is 0.695. The number of nitrogens with zero attached hydrogens (tertiary/aromatic N) is 5. The Kier molecular flexibility index (Phi) is 6.82. The zero-order chi connectivity index (χ0) is 24.4. The van der Waals surface area contributed by atoms with Gasteiger partial charge in [0.2, 0.25) is 11.9 Å². The Balaban J connectivity index is 1.36. The summed E-state index contributed by atoms with van der Waals surface area (Å²) < 4.78 is 40.2. The molecule has 0 radical (unpaired) electrons.